The van der Waals surface area contributed by atoms with Crippen LogP contribution < -0.4 is 20.7 Å². The molecular formula is C32H32N10O16S5. The van der Waals surface area contributed by atoms with Gasteiger partial charge in [0, 0.05) is 17.5 Å². The average molecular weight is 973 g/mol. The molecule has 26 nitrogen and oxygen atoms in total. The van der Waals surface area contributed by atoms with Gasteiger partial charge in [0.2, 0.25) is 17.8 Å². The van der Waals surface area contributed by atoms with E-state index >= 15 is 0 Å². The van der Waals surface area contributed by atoms with Gasteiger partial charge in [0.15, 0.2) is 0 Å². The van der Waals surface area contributed by atoms with E-state index in [0.717, 1.165) is 18.2 Å². The van der Waals surface area contributed by atoms with Crippen molar-refractivity contribution in [2.75, 3.05) is 40.6 Å². The Morgan fingerprint density at radius 1 is 0.603 bits per heavy atom. The van der Waals surface area contributed by atoms with E-state index in [1.165, 1.54) is 42.5 Å². The van der Waals surface area contributed by atoms with E-state index in [0.29, 0.717) is 22.6 Å². The maximum Gasteiger partial charge on any atom is 0.296 e. The Bertz CT molecular complexity index is 2950. The van der Waals surface area contributed by atoms with Gasteiger partial charge in [-0.1, -0.05) is 11.1 Å². The third kappa shape index (κ3) is 16.1. The number of hydrogen-bond donors (Lipinski definition) is 8. The molecule has 0 fully saturated rings. The lowest BCUT2D eigenvalue weighted by Crippen LogP contribution is -2.17. The van der Waals surface area contributed by atoms with Crippen molar-refractivity contribution in [1.29, 1.82) is 0 Å². The number of aromatic nitrogens is 3. The Morgan fingerprint density at radius 2 is 1.16 bits per heavy atom. The lowest BCUT2D eigenvalue weighted by molar-refractivity contribution is -0.432. The average Bonchev–Trinajstić information content (AvgIpc) is 3.20. The minimum Gasteiger partial charge on any atom is -0.491 e. The van der Waals surface area contributed by atoms with Crippen LogP contribution in [0.1, 0.15) is 6.42 Å². The van der Waals surface area contributed by atoms with Gasteiger partial charge in [0.05, 0.1) is 69.2 Å². The molecule has 31 heteroatoms. The van der Waals surface area contributed by atoms with E-state index in [1.807, 2.05) is 0 Å². The molecule has 1 heterocycles. The molecule has 0 aliphatic carbocycles. The highest BCUT2D eigenvalue weighted by Gasteiger charge is 2.20. The fourth-order valence-corrected chi connectivity index (χ4v) is 7.18. The van der Waals surface area contributed by atoms with Crippen LogP contribution in [0, 0.1) is 0 Å². The van der Waals surface area contributed by atoms with Crippen LogP contribution in [0.25, 0.3) is 0 Å². The van der Waals surface area contributed by atoms with Crippen molar-refractivity contribution >= 4 is 104 Å². The molecule has 4 aromatic carbocycles. The Kier molecular flexibility index (Phi) is 16.1. The van der Waals surface area contributed by atoms with Gasteiger partial charge in [-0.2, -0.15) is 69.1 Å². The van der Waals surface area contributed by atoms with Crippen LogP contribution in [0.5, 0.6) is 5.75 Å². The maximum atomic E-state index is 12.5. The third-order valence-corrected chi connectivity index (χ3v) is 11.3. The molecule has 0 spiro atoms. The number of nitrogens with one attached hydrogen (secondary N) is 3. The van der Waals surface area contributed by atoms with Crippen LogP contribution >= 0.6 is 12.0 Å². The zero-order valence-electron chi connectivity index (χ0n) is 31.5. The van der Waals surface area contributed by atoms with Crippen molar-refractivity contribution in [3.63, 3.8) is 0 Å². The van der Waals surface area contributed by atoms with Crippen molar-refractivity contribution in [2.45, 2.75) is 21.1 Å². The molecule has 0 atom stereocenters. The van der Waals surface area contributed by atoms with E-state index in [2.05, 4.69) is 60.7 Å². The predicted octanol–water partition coefficient (Wildman–Crippen LogP) is 6.07. The number of benzene rings is 4. The molecule has 0 aliphatic heterocycles. The van der Waals surface area contributed by atoms with Crippen molar-refractivity contribution in [1.82, 2.24) is 15.0 Å². The monoisotopic (exact) mass is 972 g/mol. The second-order valence-electron chi connectivity index (χ2n) is 12.2. The van der Waals surface area contributed by atoms with E-state index in [4.69, 9.17) is 9.99 Å². The zero-order valence-corrected chi connectivity index (χ0v) is 35.6. The van der Waals surface area contributed by atoms with Crippen LogP contribution in [0.2, 0.25) is 0 Å². The van der Waals surface area contributed by atoms with Gasteiger partial charge in [0.25, 0.3) is 40.5 Å². The lowest BCUT2D eigenvalue weighted by atomic mass is 10.2. The fourth-order valence-electron chi connectivity index (χ4n) is 4.78. The fraction of sp³-hybridized carbons (Fsp3) is 0.156. The predicted molar refractivity (Wildman–Crippen MR) is 222 cm³/mol. The van der Waals surface area contributed by atoms with Crippen LogP contribution in [-0.2, 0) is 49.8 Å². The number of rotatable bonds is 22. The Hall–Kier alpha value is -5.84. The van der Waals surface area contributed by atoms with Crippen LogP contribution in [0.4, 0.5) is 52.0 Å². The molecule has 0 radical (unpaired) electrons. The summed E-state index contributed by atoms with van der Waals surface area (Å²) in [6, 6.07) is 18.7. The number of azo groups is 2. The molecule has 5 aromatic rings. The van der Waals surface area contributed by atoms with Crippen LogP contribution in [0.3, 0.4) is 0 Å². The molecule has 0 amide bonds. The summed E-state index contributed by atoms with van der Waals surface area (Å²) in [4.78, 5) is 11.9. The summed E-state index contributed by atoms with van der Waals surface area (Å²) in [6.45, 7) is -0.649. The van der Waals surface area contributed by atoms with E-state index in [-0.39, 0.29) is 59.1 Å². The van der Waals surface area contributed by atoms with Crippen molar-refractivity contribution in [3.05, 3.63) is 84.9 Å². The minimum atomic E-state index is -5.00. The largest absolute Gasteiger partial charge is 0.491 e. The summed E-state index contributed by atoms with van der Waals surface area (Å²) in [5.74, 6) is -2.36. The molecule has 0 unspecified atom stereocenters. The minimum absolute atomic E-state index is 0.0307. The maximum absolute atomic E-state index is 12.5. The van der Waals surface area contributed by atoms with E-state index < -0.39 is 74.3 Å². The molecular weight excluding hydrogens is 941 g/mol. The molecule has 336 valence electrons. The topological polar surface area (TPSA) is 390 Å². The highest BCUT2D eigenvalue weighted by atomic mass is 32.2. The van der Waals surface area contributed by atoms with E-state index in [1.54, 1.807) is 24.3 Å². The number of anilines is 5. The summed E-state index contributed by atoms with van der Waals surface area (Å²) in [5.41, 5.74) is 0.431. The van der Waals surface area contributed by atoms with Gasteiger partial charge in [-0.25, -0.2) is 5.26 Å². The van der Waals surface area contributed by atoms with Gasteiger partial charge >= 0.3 is 0 Å². The standard InChI is InChI=1S/C32H32N10O16S5/c43-57-58-59-24-4-1-3-21(17-24)40-41-22-7-11-26(28(18-22)56-14-2-15-60(44,45)46)34-31-36-30(33-13-16-61(47,48)49)37-32(38-31)35-27-12-8-23(19-29(27)63(53,54)55)42-39-20-5-9-25(10-6-20)62(50,51)52/h1,3-12,17-19,43H,2,13-16H2,(H,44,45,46)(H,47,48,49)(H,50,51,52)(H,53,54,55)(H3,33,34,35,36,37,38). The van der Waals surface area contributed by atoms with Crippen molar-refractivity contribution < 1.29 is 71.2 Å². The van der Waals surface area contributed by atoms with Gasteiger partial charge in [-0.15, -0.1) is 4.33 Å². The SMILES string of the molecule is O=S(=O)(O)CCCOc1cc(N=Nc2cccc(SOOO)c2)ccc1Nc1nc(NCCS(=O)(=O)O)nc(Nc2ccc(N=Nc3ccc(S(=O)(=O)O)cc3)cc2S(=O)(=O)O)n1. The van der Waals surface area contributed by atoms with Crippen molar-refractivity contribution in [3.8, 4) is 5.75 Å². The molecule has 0 aliphatic rings. The molecule has 5 rings (SSSR count). The summed E-state index contributed by atoms with van der Waals surface area (Å²) in [6.07, 6.45) is -0.143. The van der Waals surface area contributed by atoms with Gasteiger partial charge < -0.3 is 20.7 Å². The normalized spacial score (nSPS) is 12.5. The Balaban J connectivity index is 1.47. The molecule has 8 N–H and O–H groups in total. The first kappa shape index (κ1) is 48.2. The smallest absolute Gasteiger partial charge is 0.296 e. The summed E-state index contributed by atoms with van der Waals surface area (Å²) in [5, 5.41) is 36.2. The number of nitrogens with zero attached hydrogens (tertiary/aromatic N) is 7. The third-order valence-electron chi connectivity index (χ3n) is 7.46. The van der Waals surface area contributed by atoms with Gasteiger partial charge in [-0.3, -0.25) is 18.2 Å². The summed E-state index contributed by atoms with van der Waals surface area (Å²) < 4.78 is 141. The second-order valence-corrected chi connectivity index (χ2v) is 18.9. The number of hydrogen-bond acceptors (Lipinski definition) is 23. The summed E-state index contributed by atoms with van der Waals surface area (Å²) in [7, 11) is -18.2. The lowest BCUT2D eigenvalue weighted by Gasteiger charge is -2.15. The number of ether oxygens (including phenoxy) is 1. The molecule has 0 bridgehead atoms. The zero-order chi connectivity index (χ0) is 45.8. The Labute approximate surface area is 362 Å². The highest BCUT2D eigenvalue weighted by molar-refractivity contribution is 7.94. The first-order chi connectivity index (χ1) is 29.6. The highest BCUT2D eigenvalue weighted by Crippen LogP contribution is 2.34. The first-order valence-electron chi connectivity index (χ1n) is 17.1. The van der Waals surface area contributed by atoms with E-state index in [9.17, 15) is 51.9 Å². The molecule has 1 aromatic heterocycles. The van der Waals surface area contributed by atoms with Gasteiger partial charge in [-0.05, 0) is 79.2 Å². The first-order valence-corrected chi connectivity index (χ1v) is 24.0. The molecule has 0 saturated carbocycles. The van der Waals surface area contributed by atoms with Gasteiger partial charge in [0.1, 0.15) is 10.6 Å². The summed E-state index contributed by atoms with van der Waals surface area (Å²) >= 11 is 0.696. The second kappa shape index (κ2) is 21.0. The molecule has 63 heavy (non-hydrogen) atoms. The van der Waals surface area contributed by atoms with Crippen molar-refractivity contribution in [2.24, 2.45) is 20.5 Å². The quantitative estimate of drug-likeness (QED) is 0.00974. The molecule has 0 saturated heterocycles. The Morgan fingerprint density at radius 3 is 1.76 bits per heavy atom. The van der Waals surface area contributed by atoms with Crippen LogP contribution in [-0.4, -0.2) is 96.7 Å². The van der Waals surface area contributed by atoms with Crippen LogP contribution in [0.15, 0.2) is 120 Å².